The highest BCUT2D eigenvalue weighted by Gasteiger charge is 2.08. The van der Waals surface area contributed by atoms with Crippen molar-refractivity contribution in [1.29, 1.82) is 0 Å². The molecule has 94 valence electrons. The maximum absolute atomic E-state index is 8.72. The molecule has 1 aromatic carbocycles. The predicted octanol–water partition coefficient (Wildman–Crippen LogP) is 2.43. The summed E-state index contributed by atoms with van der Waals surface area (Å²) in [5.41, 5.74) is 7.38. The lowest BCUT2D eigenvalue weighted by Gasteiger charge is -2.09. The van der Waals surface area contributed by atoms with Gasteiger partial charge in [0.2, 0.25) is 0 Å². The number of amidine groups is 1. The van der Waals surface area contributed by atoms with Gasteiger partial charge in [0.1, 0.15) is 5.75 Å². The highest BCUT2D eigenvalue weighted by atomic mass is 32.2. The Morgan fingerprint density at radius 3 is 2.88 bits per heavy atom. The first-order valence-corrected chi connectivity index (χ1v) is 6.61. The maximum Gasteiger partial charge on any atom is 0.173 e. The minimum atomic E-state index is 0.0733. The Labute approximate surface area is 106 Å². The Bertz CT molecular complexity index is 394. The molecule has 0 fully saturated rings. The van der Waals surface area contributed by atoms with E-state index in [1.54, 1.807) is 7.11 Å². The highest BCUT2D eigenvalue weighted by molar-refractivity contribution is 7.98. The van der Waals surface area contributed by atoms with Crippen LogP contribution in [0.5, 0.6) is 5.75 Å². The van der Waals surface area contributed by atoms with Gasteiger partial charge in [0.05, 0.1) is 12.7 Å². The van der Waals surface area contributed by atoms with Gasteiger partial charge in [0.15, 0.2) is 5.84 Å². The maximum atomic E-state index is 8.72. The summed E-state index contributed by atoms with van der Waals surface area (Å²) in [6.45, 7) is 2.16. The van der Waals surface area contributed by atoms with Gasteiger partial charge in [-0.2, -0.15) is 11.8 Å². The van der Waals surface area contributed by atoms with Crippen molar-refractivity contribution in [2.24, 2.45) is 10.9 Å². The molecular formula is C12H18N2O2S. The van der Waals surface area contributed by atoms with Crippen molar-refractivity contribution in [3.05, 3.63) is 29.3 Å². The van der Waals surface area contributed by atoms with Gasteiger partial charge in [0, 0.05) is 5.75 Å². The van der Waals surface area contributed by atoms with Gasteiger partial charge >= 0.3 is 0 Å². The Hall–Kier alpha value is -1.36. The van der Waals surface area contributed by atoms with Crippen molar-refractivity contribution in [3.63, 3.8) is 0 Å². The number of nitrogens with zero attached hydrogens (tertiary/aromatic N) is 1. The third kappa shape index (κ3) is 3.85. The van der Waals surface area contributed by atoms with Crippen molar-refractivity contribution in [2.75, 3.05) is 12.9 Å². The lowest BCUT2D eigenvalue weighted by atomic mass is 10.1. The molecule has 1 aromatic rings. The van der Waals surface area contributed by atoms with E-state index in [9.17, 15) is 0 Å². The number of hydrogen-bond donors (Lipinski definition) is 2. The molecule has 0 saturated carbocycles. The monoisotopic (exact) mass is 254 g/mol. The van der Waals surface area contributed by atoms with Gasteiger partial charge in [-0.05, 0) is 29.9 Å². The van der Waals surface area contributed by atoms with E-state index in [0.717, 1.165) is 23.5 Å². The fourth-order valence-electron chi connectivity index (χ4n) is 1.43. The zero-order valence-corrected chi connectivity index (χ0v) is 11.0. The molecule has 0 saturated heterocycles. The number of rotatable bonds is 6. The number of hydrogen-bond acceptors (Lipinski definition) is 4. The van der Waals surface area contributed by atoms with Crippen LogP contribution in [-0.4, -0.2) is 23.9 Å². The summed E-state index contributed by atoms with van der Waals surface area (Å²) in [7, 11) is 1.56. The highest BCUT2D eigenvalue weighted by Crippen LogP contribution is 2.22. The molecule has 0 atom stereocenters. The molecule has 0 aromatic heterocycles. The van der Waals surface area contributed by atoms with E-state index < -0.39 is 0 Å². The number of oxime groups is 1. The van der Waals surface area contributed by atoms with E-state index in [1.807, 2.05) is 30.0 Å². The Morgan fingerprint density at radius 1 is 1.53 bits per heavy atom. The smallest absolute Gasteiger partial charge is 0.173 e. The van der Waals surface area contributed by atoms with E-state index in [-0.39, 0.29) is 5.84 Å². The minimum absolute atomic E-state index is 0.0733. The van der Waals surface area contributed by atoms with E-state index in [0.29, 0.717) is 11.3 Å². The van der Waals surface area contributed by atoms with Crippen molar-refractivity contribution in [2.45, 2.75) is 19.1 Å². The summed E-state index contributed by atoms with van der Waals surface area (Å²) in [6.07, 6.45) is 1.16. The second-order valence-corrected chi connectivity index (χ2v) is 4.68. The van der Waals surface area contributed by atoms with Crippen LogP contribution < -0.4 is 10.5 Å². The summed E-state index contributed by atoms with van der Waals surface area (Å²) < 4.78 is 5.17. The van der Waals surface area contributed by atoms with Gasteiger partial charge in [-0.1, -0.05) is 18.1 Å². The van der Waals surface area contributed by atoms with Crippen LogP contribution in [0.25, 0.3) is 0 Å². The average molecular weight is 254 g/mol. The van der Waals surface area contributed by atoms with Crippen molar-refractivity contribution in [1.82, 2.24) is 0 Å². The Balaban J connectivity index is 2.89. The van der Waals surface area contributed by atoms with E-state index in [2.05, 4.69) is 12.1 Å². The van der Waals surface area contributed by atoms with Crippen LogP contribution in [0.4, 0.5) is 0 Å². The molecule has 0 radical (unpaired) electrons. The molecule has 0 spiro atoms. The zero-order chi connectivity index (χ0) is 12.7. The first-order chi connectivity index (χ1) is 8.22. The molecule has 0 aliphatic rings. The molecule has 0 bridgehead atoms. The third-order valence-electron chi connectivity index (χ3n) is 2.26. The second-order valence-electron chi connectivity index (χ2n) is 3.57. The second kappa shape index (κ2) is 7.06. The number of methoxy groups -OCH3 is 1. The molecule has 0 heterocycles. The Morgan fingerprint density at radius 2 is 2.29 bits per heavy atom. The predicted molar refractivity (Wildman–Crippen MR) is 72.0 cm³/mol. The molecule has 0 aliphatic heterocycles. The lowest BCUT2D eigenvalue weighted by Crippen LogP contribution is -2.14. The fraction of sp³-hybridized carbons (Fsp3) is 0.417. The first-order valence-electron chi connectivity index (χ1n) is 5.45. The van der Waals surface area contributed by atoms with Crippen LogP contribution in [0.1, 0.15) is 24.5 Å². The Kier molecular flexibility index (Phi) is 5.69. The van der Waals surface area contributed by atoms with E-state index >= 15 is 0 Å². The molecule has 1 rings (SSSR count). The largest absolute Gasteiger partial charge is 0.496 e. The van der Waals surface area contributed by atoms with Gasteiger partial charge in [-0.25, -0.2) is 0 Å². The third-order valence-corrected chi connectivity index (χ3v) is 3.50. The number of nitrogens with two attached hydrogens (primary N) is 1. The topological polar surface area (TPSA) is 67.8 Å². The van der Waals surface area contributed by atoms with Crippen LogP contribution in [0.3, 0.4) is 0 Å². The van der Waals surface area contributed by atoms with Gasteiger partial charge in [0.25, 0.3) is 0 Å². The van der Waals surface area contributed by atoms with Crippen LogP contribution in [0.15, 0.2) is 23.4 Å². The fourth-order valence-corrected chi connectivity index (χ4v) is 2.28. The van der Waals surface area contributed by atoms with Crippen LogP contribution in [0.2, 0.25) is 0 Å². The average Bonchev–Trinajstić information content (AvgIpc) is 2.38. The van der Waals surface area contributed by atoms with Gasteiger partial charge < -0.3 is 15.7 Å². The summed E-state index contributed by atoms with van der Waals surface area (Å²) in [5.74, 6) is 2.74. The number of ether oxygens (including phenoxy) is 1. The minimum Gasteiger partial charge on any atom is -0.496 e. The summed E-state index contributed by atoms with van der Waals surface area (Å²) in [6, 6.07) is 5.74. The van der Waals surface area contributed by atoms with Crippen molar-refractivity contribution < 1.29 is 9.94 Å². The van der Waals surface area contributed by atoms with Crippen LogP contribution >= 0.6 is 11.8 Å². The van der Waals surface area contributed by atoms with Crippen molar-refractivity contribution >= 4 is 17.6 Å². The zero-order valence-electron chi connectivity index (χ0n) is 10.1. The van der Waals surface area contributed by atoms with E-state index in [1.165, 1.54) is 0 Å². The first kappa shape index (κ1) is 13.7. The number of benzene rings is 1. The summed E-state index contributed by atoms with van der Waals surface area (Å²) in [4.78, 5) is 0. The molecule has 0 aliphatic carbocycles. The van der Waals surface area contributed by atoms with E-state index in [4.69, 9.17) is 15.7 Å². The van der Waals surface area contributed by atoms with Gasteiger partial charge in [-0.3, -0.25) is 0 Å². The summed E-state index contributed by atoms with van der Waals surface area (Å²) in [5, 5.41) is 11.7. The molecule has 0 unspecified atom stereocenters. The molecule has 17 heavy (non-hydrogen) atoms. The van der Waals surface area contributed by atoms with Crippen molar-refractivity contribution in [3.8, 4) is 5.75 Å². The standard InChI is InChI=1S/C12H18N2O2S/c1-3-6-17-8-9-4-5-11(16-2)10(7-9)12(13)14-15/h4-5,7,15H,3,6,8H2,1-2H3,(H2,13,14). The van der Waals surface area contributed by atoms with Crippen LogP contribution in [0, 0.1) is 0 Å². The SMILES string of the molecule is CCCSCc1ccc(OC)c(C(N)=NO)c1. The molecular weight excluding hydrogens is 236 g/mol. The lowest BCUT2D eigenvalue weighted by molar-refractivity contribution is 0.318. The molecule has 4 nitrogen and oxygen atoms in total. The molecule has 5 heteroatoms. The molecule has 0 amide bonds. The quantitative estimate of drug-likeness (QED) is 0.269. The number of thioether (sulfide) groups is 1. The summed E-state index contributed by atoms with van der Waals surface area (Å²) >= 11 is 1.86. The van der Waals surface area contributed by atoms with Crippen LogP contribution in [-0.2, 0) is 5.75 Å². The normalized spacial score (nSPS) is 11.5. The molecule has 3 N–H and O–H groups in total. The van der Waals surface area contributed by atoms with Gasteiger partial charge in [-0.15, -0.1) is 0 Å².